The van der Waals surface area contributed by atoms with Crippen LogP contribution in [0.1, 0.15) is 19.4 Å². The molecule has 3 rings (SSSR count). The normalized spacial score (nSPS) is 20.8. The zero-order valence-electron chi connectivity index (χ0n) is 15.9. The second kappa shape index (κ2) is 7.67. The van der Waals surface area contributed by atoms with Crippen molar-refractivity contribution in [3.05, 3.63) is 63.8 Å². The molecule has 1 aromatic rings. The van der Waals surface area contributed by atoms with Crippen LogP contribution in [0.3, 0.4) is 0 Å². The summed E-state index contributed by atoms with van der Waals surface area (Å²) >= 11 is 0. The average Bonchev–Trinajstić information content (AvgIpc) is 2.67. The van der Waals surface area contributed by atoms with Crippen LogP contribution in [-0.2, 0) is 0 Å². The highest BCUT2D eigenvalue weighted by molar-refractivity contribution is 5.84. The van der Waals surface area contributed by atoms with Gasteiger partial charge in [0, 0.05) is 23.6 Å². The second-order valence-electron chi connectivity index (χ2n) is 7.51. The Morgan fingerprint density at radius 2 is 2.17 bits per heavy atom. The summed E-state index contributed by atoms with van der Waals surface area (Å²) in [6.45, 7) is 3.67. The van der Waals surface area contributed by atoms with Gasteiger partial charge in [0.15, 0.2) is 0 Å². The van der Waals surface area contributed by atoms with Crippen molar-refractivity contribution in [1.82, 2.24) is 4.90 Å². The summed E-state index contributed by atoms with van der Waals surface area (Å²) in [5, 5.41) is 30.6. The van der Waals surface area contributed by atoms with Gasteiger partial charge in [0.05, 0.1) is 16.7 Å². The highest BCUT2D eigenvalue weighted by atomic mass is 19.1. The Hall–Kier alpha value is -3.20. The SMILES string of the molecule is CC(C)(CN(C(=O)O)C1=CCOc2cc([N+](=O)[O-])ccc21)C1=C[C@@H](O)[C@@H](F)C=C1. The summed E-state index contributed by atoms with van der Waals surface area (Å²) < 4.78 is 19.0. The van der Waals surface area contributed by atoms with Crippen LogP contribution in [0.5, 0.6) is 5.75 Å². The molecule has 1 amide bonds. The van der Waals surface area contributed by atoms with Crippen LogP contribution in [0, 0.1) is 15.5 Å². The van der Waals surface area contributed by atoms with Crippen LogP contribution in [-0.4, -0.2) is 51.6 Å². The smallest absolute Gasteiger partial charge is 0.411 e. The fourth-order valence-electron chi connectivity index (χ4n) is 3.37. The zero-order valence-corrected chi connectivity index (χ0v) is 15.9. The number of fused-ring (bicyclic) bond motifs is 1. The molecule has 0 aromatic heterocycles. The predicted octanol–water partition coefficient (Wildman–Crippen LogP) is 3.53. The van der Waals surface area contributed by atoms with Crippen LogP contribution in [0.4, 0.5) is 14.9 Å². The lowest BCUT2D eigenvalue weighted by atomic mass is 9.80. The third kappa shape index (κ3) is 4.14. The Morgan fingerprint density at radius 3 is 2.79 bits per heavy atom. The van der Waals surface area contributed by atoms with Gasteiger partial charge in [-0.3, -0.25) is 15.0 Å². The molecule has 1 heterocycles. The second-order valence-corrected chi connectivity index (χ2v) is 7.51. The molecule has 9 heteroatoms. The third-order valence-corrected chi connectivity index (χ3v) is 4.96. The van der Waals surface area contributed by atoms with Crippen molar-refractivity contribution < 1.29 is 29.1 Å². The number of hydrogen-bond donors (Lipinski definition) is 2. The first-order valence-electron chi connectivity index (χ1n) is 8.95. The molecule has 0 spiro atoms. The number of allylic oxidation sites excluding steroid dienone is 1. The minimum Gasteiger partial charge on any atom is -0.488 e. The van der Waals surface area contributed by atoms with E-state index in [1.807, 2.05) is 0 Å². The maximum atomic E-state index is 13.5. The molecule has 1 aliphatic carbocycles. The van der Waals surface area contributed by atoms with E-state index in [9.17, 15) is 29.5 Å². The van der Waals surface area contributed by atoms with Gasteiger partial charge in [-0.25, -0.2) is 9.18 Å². The van der Waals surface area contributed by atoms with Crippen molar-refractivity contribution >= 4 is 17.5 Å². The number of benzene rings is 1. The maximum Gasteiger partial charge on any atom is 0.411 e. The van der Waals surface area contributed by atoms with E-state index in [2.05, 4.69) is 0 Å². The van der Waals surface area contributed by atoms with Crippen LogP contribution >= 0.6 is 0 Å². The molecule has 0 saturated carbocycles. The summed E-state index contributed by atoms with van der Waals surface area (Å²) in [6.07, 6.45) is 1.79. The number of aliphatic hydroxyl groups is 1. The number of nitro benzene ring substituents is 1. The predicted molar refractivity (Wildman–Crippen MR) is 103 cm³/mol. The maximum absolute atomic E-state index is 13.5. The van der Waals surface area contributed by atoms with Crippen molar-refractivity contribution in [3.63, 3.8) is 0 Å². The van der Waals surface area contributed by atoms with Gasteiger partial charge in [0.2, 0.25) is 0 Å². The molecule has 1 aromatic carbocycles. The number of nitrogens with zero attached hydrogens (tertiary/aromatic N) is 2. The standard InChI is InChI=1S/C20H21FN2O6/c1-20(2,12-3-6-15(21)17(24)9-12)11-22(19(25)26)16-7-8-29-18-10-13(23(27)28)4-5-14(16)18/h3-7,9-10,15,17,24H,8,11H2,1-2H3,(H,25,26)/t15-,17+/m0/s1. The Bertz CT molecular complexity index is 937. The van der Waals surface area contributed by atoms with E-state index in [-0.39, 0.29) is 24.6 Å². The van der Waals surface area contributed by atoms with Gasteiger partial charge in [-0.1, -0.05) is 19.9 Å². The van der Waals surface area contributed by atoms with E-state index in [4.69, 9.17) is 4.74 Å². The van der Waals surface area contributed by atoms with Crippen molar-refractivity contribution in [2.24, 2.45) is 5.41 Å². The Kier molecular flexibility index (Phi) is 5.43. The lowest BCUT2D eigenvalue weighted by molar-refractivity contribution is -0.384. The zero-order chi connectivity index (χ0) is 21.3. The number of rotatable bonds is 5. The van der Waals surface area contributed by atoms with E-state index in [1.54, 1.807) is 26.0 Å². The first kappa shape index (κ1) is 20.5. The van der Waals surface area contributed by atoms with Gasteiger partial charge in [-0.15, -0.1) is 0 Å². The Morgan fingerprint density at radius 1 is 1.45 bits per heavy atom. The van der Waals surface area contributed by atoms with Crippen LogP contribution in [0.2, 0.25) is 0 Å². The summed E-state index contributed by atoms with van der Waals surface area (Å²) in [5.74, 6) is 0.230. The summed E-state index contributed by atoms with van der Waals surface area (Å²) in [7, 11) is 0. The fourth-order valence-corrected chi connectivity index (χ4v) is 3.37. The van der Waals surface area contributed by atoms with Crippen molar-refractivity contribution in [3.8, 4) is 5.75 Å². The molecule has 0 saturated heterocycles. The number of carbonyl (C=O) groups is 1. The molecule has 2 atom stereocenters. The molecule has 154 valence electrons. The van der Waals surface area contributed by atoms with Crippen LogP contribution < -0.4 is 4.74 Å². The number of amides is 1. The van der Waals surface area contributed by atoms with Crippen LogP contribution in [0.25, 0.3) is 5.70 Å². The molecule has 0 unspecified atom stereocenters. The number of alkyl halides is 1. The summed E-state index contributed by atoms with van der Waals surface area (Å²) in [5.41, 5.74) is 0.500. The van der Waals surface area contributed by atoms with E-state index in [0.717, 1.165) is 4.90 Å². The first-order chi connectivity index (χ1) is 13.6. The number of hydrogen-bond acceptors (Lipinski definition) is 5. The molecular weight excluding hydrogens is 383 g/mol. The largest absolute Gasteiger partial charge is 0.488 e. The molecule has 0 fully saturated rings. The topological polar surface area (TPSA) is 113 Å². The molecular formula is C20H21FN2O6. The third-order valence-electron chi connectivity index (χ3n) is 4.96. The van der Waals surface area contributed by atoms with Crippen LogP contribution in [0.15, 0.2) is 48.1 Å². The van der Waals surface area contributed by atoms with Crippen molar-refractivity contribution in [1.29, 1.82) is 0 Å². The lowest BCUT2D eigenvalue weighted by Gasteiger charge is -2.36. The molecule has 1 aliphatic heterocycles. The van der Waals surface area contributed by atoms with Gasteiger partial charge < -0.3 is 14.9 Å². The molecule has 2 aliphatic rings. The van der Waals surface area contributed by atoms with Crippen molar-refractivity contribution in [2.75, 3.05) is 13.2 Å². The molecule has 0 radical (unpaired) electrons. The first-order valence-corrected chi connectivity index (χ1v) is 8.95. The van der Waals surface area contributed by atoms with E-state index in [1.165, 1.54) is 30.4 Å². The number of nitro groups is 1. The highest BCUT2D eigenvalue weighted by Gasteiger charge is 2.34. The highest BCUT2D eigenvalue weighted by Crippen LogP contribution is 2.38. The van der Waals surface area contributed by atoms with Gasteiger partial charge in [-0.2, -0.15) is 0 Å². The van der Waals surface area contributed by atoms with Gasteiger partial charge >= 0.3 is 6.09 Å². The summed E-state index contributed by atoms with van der Waals surface area (Å²) in [6, 6.07) is 4.01. The quantitative estimate of drug-likeness (QED) is 0.573. The molecule has 29 heavy (non-hydrogen) atoms. The minimum atomic E-state index is -1.49. The number of carboxylic acid groups (broad SMARTS) is 1. The molecule has 0 bridgehead atoms. The van der Waals surface area contributed by atoms with E-state index in [0.29, 0.717) is 16.8 Å². The summed E-state index contributed by atoms with van der Waals surface area (Å²) in [4.78, 5) is 23.6. The minimum absolute atomic E-state index is 0.0183. The van der Waals surface area contributed by atoms with Gasteiger partial charge in [-0.05, 0) is 29.9 Å². The van der Waals surface area contributed by atoms with Crippen molar-refractivity contribution in [2.45, 2.75) is 26.1 Å². The lowest BCUT2D eigenvalue weighted by Crippen LogP contribution is -2.39. The monoisotopic (exact) mass is 404 g/mol. The Labute approximate surface area is 166 Å². The Balaban J connectivity index is 1.93. The average molecular weight is 404 g/mol. The van der Waals surface area contributed by atoms with E-state index < -0.39 is 28.7 Å². The number of non-ortho nitro benzene ring substituents is 1. The van der Waals surface area contributed by atoms with E-state index >= 15 is 0 Å². The molecule has 2 N–H and O–H groups in total. The van der Waals surface area contributed by atoms with Gasteiger partial charge in [0.25, 0.3) is 5.69 Å². The fraction of sp³-hybridized carbons (Fsp3) is 0.350. The number of aliphatic hydroxyl groups excluding tert-OH is 1. The number of halogens is 1. The molecule has 8 nitrogen and oxygen atoms in total. The van der Waals surface area contributed by atoms with Gasteiger partial charge in [0.1, 0.15) is 24.6 Å². The number of ether oxygens (including phenoxy) is 1.